The molecule has 0 aliphatic rings. The summed E-state index contributed by atoms with van der Waals surface area (Å²) in [7, 11) is 0. The first-order chi connectivity index (χ1) is 7.77. The Bertz CT molecular complexity index is 501. The maximum absolute atomic E-state index is 10.7. The summed E-state index contributed by atoms with van der Waals surface area (Å²) in [6, 6.07) is 6.73. The molecule has 2 heterocycles. The van der Waals surface area contributed by atoms with Gasteiger partial charge >= 0.3 is 5.82 Å². The molecule has 0 aliphatic heterocycles. The third-order valence-corrected chi connectivity index (χ3v) is 1.90. The van der Waals surface area contributed by atoms with E-state index < -0.39 is 4.92 Å². The molecule has 16 heavy (non-hydrogen) atoms. The molecule has 0 fully saturated rings. The zero-order valence-electron chi connectivity index (χ0n) is 8.20. The van der Waals surface area contributed by atoms with E-state index in [4.69, 9.17) is 0 Å². The summed E-state index contributed by atoms with van der Waals surface area (Å²) in [6.45, 7) is 0. The van der Waals surface area contributed by atoms with E-state index in [9.17, 15) is 10.1 Å². The molecule has 0 spiro atoms. The van der Waals surface area contributed by atoms with Gasteiger partial charge in [0.1, 0.15) is 11.9 Å². The van der Waals surface area contributed by atoms with E-state index in [2.05, 4.69) is 15.3 Å². The first kappa shape index (κ1) is 10.0. The van der Waals surface area contributed by atoms with Gasteiger partial charge in [0.05, 0.1) is 11.9 Å². The summed E-state index contributed by atoms with van der Waals surface area (Å²) in [5.74, 6) is -0.202. The average Bonchev–Trinajstić information content (AvgIpc) is 2.31. The fraction of sp³-hybridized carbons (Fsp3) is 0. The van der Waals surface area contributed by atoms with Gasteiger partial charge in [-0.25, -0.2) is 0 Å². The summed E-state index contributed by atoms with van der Waals surface area (Å²) in [5, 5.41) is 13.6. The molecule has 0 unspecified atom stereocenters. The summed E-state index contributed by atoms with van der Waals surface area (Å²) in [5.41, 5.74) is 1.03. The minimum Gasteiger partial charge on any atom is -0.358 e. The van der Waals surface area contributed by atoms with E-state index in [1.54, 1.807) is 36.7 Å². The fourth-order valence-electron chi connectivity index (χ4n) is 1.23. The third-order valence-electron chi connectivity index (χ3n) is 1.90. The summed E-state index contributed by atoms with van der Waals surface area (Å²) < 4.78 is 0. The van der Waals surface area contributed by atoms with Crippen molar-refractivity contribution in [3.05, 3.63) is 53.0 Å². The van der Waals surface area contributed by atoms with Gasteiger partial charge < -0.3 is 15.4 Å². The second kappa shape index (κ2) is 4.35. The maximum atomic E-state index is 10.7. The van der Waals surface area contributed by atoms with Gasteiger partial charge in [0.15, 0.2) is 0 Å². The quantitative estimate of drug-likeness (QED) is 0.627. The van der Waals surface area contributed by atoms with E-state index >= 15 is 0 Å². The van der Waals surface area contributed by atoms with Crippen molar-refractivity contribution in [3.63, 3.8) is 0 Å². The van der Waals surface area contributed by atoms with Crippen LogP contribution < -0.4 is 5.32 Å². The van der Waals surface area contributed by atoms with Crippen LogP contribution in [0.5, 0.6) is 0 Å². The van der Waals surface area contributed by atoms with Crippen LogP contribution in [0.4, 0.5) is 17.2 Å². The van der Waals surface area contributed by atoms with Crippen LogP contribution in [0.2, 0.25) is 0 Å². The van der Waals surface area contributed by atoms with E-state index in [1.165, 1.54) is 6.20 Å². The Kier molecular flexibility index (Phi) is 2.73. The van der Waals surface area contributed by atoms with Crippen LogP contribution in [0.3, 0.4) is 0 Å². The highest BCUT2D eigenvalue weighted by Gasteiger charge is 2.13. The van der Waals surface area contributed by atoms with E-state index in [0.29, 0.717) is 11.4 Å². The third kappa shape index (κ3) is 2.11. The Morgan fingerprint density at radius 3 is 2.75 bits per heavy atom. The largest absolute Gasteiger partial charge is 0.387 e. The number of pyridine rings is 2. The predicted octanol–water partition coefficient (Wildman–Crippen LogP) is 2.13. The molecule has 0 atom stereocenters. The zero-order valence-corrected chi connectivity index (χ0v) is 8.20. The molecule has 2 aromatic heterocycles. The number of aromatic nitrogens is 2. The molecule has 2 aromatic rings. The lowest BCUT2D eigenvalue weighted by Crippen LogP contribution is -1.98. The maximum Gasteiger partial charge on any atom is 0.387 e. The molecule has 6 heteroatoms. The number of rotatable bonds is 3. The monoisotopic (exact) mass is 216 g/mol. The second-order valence-electron chi connectivity index (χ2n) is 3.00. The molecule has 80 valence electrons. The van der Waals surface area contributed by atoms with Gasteiger partial charge in [0.2, 0.25) is 0 Å². The van der Waals surface area contributed by atoms with Crippen molar-refractivity contribution in [2.45, 2.75) is 0 Å². The van der Waals surface area contributed by atoms with Crippen LogP contribution in [0.1, 0.15) is 0 Å². The van der Waals surface area contributed by atoms with Crippen molar-refractivity contribution in [2.75, 3.05) is 5.32 Å². The van der Waals surface area contributed by atoms with Crippen LogP contribution in [-0.4, -0.2) is 14.9 Å². The van der Waals surface area contributed by atoms with Crippen LogP contribution in [0.15, 0.2) is 42.9 Å². The van der Waals surface area contributed by atoms with Crippen LogP contribution >= 0.6 is 0 Å². The Hall–Kier alpha value is -2.50. The van der Waals surface area contributed by atoms with Gasteiger partial charge in [0.25, 0.3) is 0 Å². The van der Waals surface area contributed by atoms with Crippen LogP contribution in [-0.2, 0) is 0 Å². The molecular formula is C10H8N4O2. The molecule has 0 saturated heterocycles. The number of nitrogens with zero attached hydrogens (tertiary/aromatic N) is 3. The molecule has 2 rings (SSSR count). The molecule has 1 N–H and O–H groups in total. The highest BCUT2D eigenvalue weighted by Crippen LogP contribution is 2.23. The average molecular weight is 216 g/mol. The lowest BCUT2D eigenvalue weighted by molar-refractivity contribution is -0.388. The predicted molar refractivity (Wildman–Crippen MR) is 58.4 cm³/mol. The number of anilines is 2. The summed E-state index contributed by atoms with van der Waals surface area (Å²) in [6.07, 6.45) is 4.59. The van der Waals surface area contributed by atoms with E-state index in [-0.39, 0.29) is 5.82 Å². The topological polar surface area (TPSA) is 81.0 Å². The van der Waals surface area contributed by atoms with Crippen molar-refractivity contribution < 1.29 is 4.92 Å². The Morgan fingerprint density at radius 1 is 1.25 bits per heavy atom. The summed E-state index contributed by atoms with van der Waals surface area (Å²) in [4.78, 5) is 17.8. The van der Waals surface area contributed by atoms with E-state index in [0.717, 1.165) is 0 Å². The smallest absolute Gasteiger partial charge is 0.358 e. The van der Waals surface area contributed by atoms with Crippen LogP contribution in [0, 0.1) is 10.1 Å². The standard InChI is InChI=1S/C10H8N4O2/c15-14(16)10-9(4-2-6-12-10)13-8-3-1-5-11-7-8/h1-7,13H. The van der Waals surface area contributed by atoms with Crippen molar-refractivity contribution in [1.29, 1.82) is 0 Å². The van der Waals surface area contributed by atoms with Gasteiger partial charge in [-0.05, 0) is 34.2 Å². The van der Waals surface area contributed by atoms with Crippen molar-refractivity contribution >= 4 is 17.2 Å². The molecular weight excluding hydrogens is 208 g/mol. The molecule has 6 nitrogen and oxygen atoms in total. The lowest BCUT2D eigenvalue weighted by Gasteiger charge is -2.04. The van der Waals surface area contributed by atoms with Gasteiger partial charge in [-0.15, -0.1) is 0 Å². The fourth-order valence-corrected chi connectivity index (χ4v) is 1.23. The Labute approximate surface area is 91.1 Å². The molecule has 0 saturated carbocycles. The van der Waals surface area contributed by atoms with Gasteiger partial charge in [-0.2, -0.15) is 0 Å². The molecule has 0 aliphatic carbocycles. The van der Waals surface area contributed by atoms with Crippen molar-refractivity contribution in [1.82, 2.24) is 9.97 Å². The normalized spacial score (nSPS) is 9.75. The van der Waals surface area contributed by atoms with Gasteiger partial charge in [-0.1, -0.05) is 0 Å². The van der Waals surface area contributed by atoms with Gasteiger partial charge in [0, 0.05) is 6.20 Å². The number of hydrogen-bond acceptors (Lipinski definition) is 5. The second-order valence-corrected chi connectivity index (χ2v) is 3.00. The molecule has 0 aromatic carbocycles. The highest BCUT2D eigenvalue weighted by atomic mass is 16.6. The number of nitro groups is 1. The molecule has 0 radical (unpaired) electrons. The Morgan fingerprint density at radius 2 is 2.06 bits per heavy atom. The highest BCUT2D eigenvalue weighted by molar-refractivity contribution is 5.65. The zero-order chi connectivity index (χ0) is 11.4. The van der Waals surface area contributed by atoms with Gasteiger partial charge in [-0.3, -0.25) is 4.98 Å². The number of nitrogens with one attached hydrogen (secondary N) is 1. The summed E-state index contributed by atoms with van der Waals surface area (Å²) >= 11 is 0. The van der Waals surface area contributed by atoms with Crippen molar-refractivity contribution in [2.24, 2.45) is 0 Å². The SMILES string of the molecule is O=[N+]([O-])c1ncccc1Nc1cccnc1. The number of hydrogen-bond donors (Lipinski definition) is 1. The molecule has 0 bridgehead atoms. The van der Waals surface area contributed by atoms with Crippen LogP contribution in [0.25, 0.3) is 0 Å². The first-order valence-corrected chi connectivity index (χ1v) is 4.54. The first-order valence-electron chi connectivity index (χ1n) is 4.54. The minimum atomic E-state index is -0.529. The van der Waals surface area contributed by atoms with Crippen molar-refractivity contribution in [3.8, 4) is 0 Å². The Balaban J connectivity index is 2.31. The minimum absolute atomic E-state index is 0.202. The molecule has 0 amide bonds. The van der Waals surface area contributed by atoms with E-state index in [1.807, 2.05) is 0 Å². The lowest BCUT2D eigenvalue weighted by atomic mass is 10.3.